The quantitative estimate of drug-likeness (QED) is 0.219. The highest BCUT2D eigenvalue weighted by Gasteiger charge is 2.49. The minimum absolute atomic E-state index is 0.0230. The van der Waals surface area contributed by atoms with Crippen molar-refractivity contribution in [1.29, 1.82) is 0 Å². The molecule has 0 radical (unpaired) electrons. The van der Waals surface area contributed by atoms with E-state index in [4.69, 9.17) is 23.7 Å². The lowest BCUT2D eigenvalue weighted by Gasteiger charge is -2.42. The molecule has 4 rings (SSSR count). The van der Waals surface area contributed by atoms with Crippen LogP contribution in [0.25, 0.3) is 0 Å². The lowest BCUT2D eigenvalue weighted by Crippen LogP contribution is -2.60. The average Bonchev–Trinajstić information content (AvgIpc) is 3.20. The molecule has 3 heterocycles. The second-order valence-corrected chi connectivity index (χ2v) is 10.6. The molecule has 4 aliphatic rings. The lowest BCUT2D eigenvalue weighted by atomic mass is 9.83. The number of carbonyl (C=O) groups excluding carboxylic acids is 2. The number of rotatable bonds is 5. The van der Waals surface area contributed by atoms with Crippen molar-refractivity contribution < 1.29 is 58.8 Å². The summed E-state index contributed by atoms with van der Waals surface area (Å²) in [6.07, 6.45) is -6.07. The number of aliphatic hydroxyl groups excluding tert-OH is 5. The molecule has 214 valence electrons. The molecule has 12 heteroatoms. The minimum atomic E-state index is -1.66. The smallest absolute Gasteiger partial charge is 0.338 e. The molecule has 38 heavy (non-hydrogen) atoms. The Morgan fingerprint density at radius 2 is 1.89 bits per heavy atom. The number of allylic oxidation sites excluding steroid dienone is 1. The predicted molar refractivity (Wildman–Crippen MR) is 128 cm³/mol. The van der Waals surface area contributed by atoms with E-state index in [1.54, 1.807) is 13.0 Å². The van der Waals surface area contributed by atoms with Gasteiger partial charge in [-0.1, -0.05) is 19.9 Å². The summed E-state index contributed by atoms with van der Waals surface area (Å²) in [4.78, 5) is 26.3. The molecular weight excluding hydrogens is 504 g/mol. The molecule has 3 aliphatic heterocycles. The molecule has 1 aliphatic carbocycles. The van der Waals surface area contributed by atoms with E-state index in [0.717, 1.165) is 6.26 Å². The number of ether oxygens (including phenoxy) is 5. The van der Waals surface area contributed by atoms with Crippen molar-refractivity contribution in [3.05, 3.63) is 23.5 Å². The number of fused-ring (bicyclic) bond motifs is 3. The van der Waals surface area contributed by atoms with Crippen LogP contribution in [0.1, 0.15) is 33.6 Å². The normalized spacial score (nSPS) is 43.7. The molecule has 0 amide bonds. The molecule has 0 aromatic heterocycles. The van der Waals surface area contributed by atoms with Crippen molar-refractivity contribution in [3.63, 3.8) is 0 Å². The fraction of sp³-hybridized carbons (Fsp3) is 0.769. The number of hydrogen-bond donors (Lipinski definition) is 5. The molecule has 2 saturated heterocycles. The Labute approximate surface area is 220 Å². The van der Waals surface area contributed by atoms with Gasteiger partial charge in [-0.2, -0.15) is 0 Å². The Balaban J connectivity index is 1.57. The molecular formula is C26H38O12. The summed E-state index contributed by atoms with van der Waals surface area (Å²) >= 11 is 0. The van der Waals surface area contributed by atoms with E-state index < -0.39 is 67.6 Å². The van der Waals surface area contributed by atoms with Gasteiger partial charge in [-0.05, 0) is 31.1 Å². The van der Waals surface area contributed by atoms with Gasteiger partial charge in [-0.25, -0.2) is 4.79 Å². The summed E-state index contributed by atoms with van der Waals surface area (Å²) in [5.41, 5.74) is 0.477. The second kappa shape index (κ2) is 12.0. The summed E-state index contributed by atoms with van der Waals surface area (Å²) in [6.45, 7) is 5.02. The molecule has 12 nitrogen and oxygen atoms in total. The number of aliphatic hydroxyl groups is 5. The Hall–Kier alpha value is -2.06. The highest BCUT2D eigenvalue weighted by molar-refractivity contribution is 5.91. The van der Waals surface area contributed by atoms with Gasteiger partial charge < -0.3 is 49.2 Å². The molecule has 0 spiro atoms. The third-order valence-electron chi connectivity index (χ3n) is 8.44. The van der Waals surface area contributed by atoms with Crippen LogP contribution in [0.5, 0.6) is 0 Å². The van der Waals surface area contributed by atoms with Gasteiger partial charge in [-0.3, -0.25) is 4.79 Å². The third kappa shape index (κ3) is 5.48. The summed E-state index contributed by atoms with van der Waals surface area (Å²) in [5, 5.41) is 49.7. The van der Waals surface area contributed by atoms with E-state index in [1.807, 2.05) is 13.8 Å². The first-order valence-corrected chi connectivity index (χ1v) is 13.1. The molecule has 0 aromatic rings. The molecule has 2 bridgehead atoms. The summed E-state index contributed by atoms with van der Waals surface area (Å²) < 4.78 is 28.4. The molecule has 0 aromatic carbocycles. The van der Waals surface area contributed by atoms with Gasteiger partial charge in [0.05, 0.1) is 31.5 Å². The SMILES string of the molecule is CC=C1[C@H](O[C@@H]2O[C@H](CO)[C@@H](O)[C@H](O)[C@H]2O)OC=C2C(=O)O[C@@H]3C[C@@H]([C@@H](C)CO)[C@H](COC(=O)C[C@H]21)[C@H]3C. The van der Waals surface area contributed by atoms with E-state index >= 15 is 0 Å². The topological polar surface area (TPSA) is 181 Å². The lowest BCUT2D eigenvalue weighted by molar-refractivity contribution is -0.327. The zero-order chi connectivity index (χ0) is 27.7. The van der Waals surface area contributed by atoms with Crippen molar-refractivity contribution in [2.45, 2.75) is 76.7 Å². The second-order valence-electron chi connectivity index (χ2n) is 10.6. The largest absolute Gasteiger partial charge is 0.468 e. The Morgan fingerprint density at radius 3 is 2.55 bits per heavy atom. The molecule has 1 saturated carbocycles. The van der Waals surface area contributed by atoms with E-state index in [1.165, 1.54) is 0 Å². The van der Waals surface area contributed by atoms with Crippen molar-refractivity contribution in [2.75, 3.05) is 19.8 Å². The van der Waals surface area contributed by atoms with Crippen LogP contribution in [0, 0.1) is 29.6 Å². The van der Waals surface area contributed by atoms with Crippen LogP contribution in [-0.2, 0) is 33.3 Å². The fourth-order valence-corrected chi connectivity index (χ4v) is 5.97. The molecule has 0 unspecified atom stereocenters. The van der Waals surface area contributed by atoms with Crippen molar-refractivity contribution in [1.82, 2.24) is 0 Å². The van der Waals surface area contributed by atoms with Gasteiger partial charge in [0.25, 0.3) is 0 Å². The maximum absolute atomic E-state index is 13.3. The highest BCUT2D eigenvalue weighted by Crippen LogP contribution is 2.45. The van der Waals surface area contributed by atoms with E-state index in [-0.39, 0.29) is 48.9 Å². The van der Waals surface area contributed by atoms with Gasteiger partial charge >= 0.3 is 11.9 Å². The minimum Gasteiger partial charge on any atom is -0.468 e. The number of carbonyl (C=O) groups is 2. The Bertz CT molecular complexity index is 931. The third-order valence-corrected chi connectivity index (χ3v) is 8.44. The van der Waals surface area contributed by atoms with Gasteiger partial charge in [0.2, 0.25) is 6.29 Å². The first-order chi connectivity index (χ1) is 18.1. The zero-order valence-corrected chi connectivity index (χ0v) is 21.7. The van der Waals surface area contributed by atoms with Crippen LogP contribution in [0.4, 0.5) is 0 Å². The number of cyclic esters (lactones) is 1. The molecule has 5 N–H and O–H groups in total. The van der Waals surface area contributed by atoms with Gasteiger partial charge in [0, 0.05) is 24.0 Å². The maximum atomic E-state index is 13.3. The van der Waals surface area contributed by atoms with Crippen LogP contribution in [0.3, 0.4) is 0 Å². The first-order valence-electron chi connectivity index (χ1n) is 13.1. The van der Waals surface area contributed by atoms with Crippen molar-refractivity contribution in [3.8, 4) is 0 Å². The van der Waals surface area contributed by atoms with Crippen LogP contribution >= 0.6 is 0 Å². The van der Waals surface area contributed by atoms with Crippen molar-refractivity contribution in [2.24, 2.45) is 29.6 Å². The monoisotopic (exact) mass is 542 g/mol. The Kier molecular flexibility index (Phi) is 9.13. The van der Waals surface area contributed by atoms with Gasteiger partial charge in [0.15, 0.2) is 6.29 Å². The van der Waals surface area contributed by atoms with Crippen molar-refractivity contribution >= 4 is 11.9 Å². The molecule has 3 fully saturated rings. The zero-order valence-electron chi connectivity index (χ0n) is 21.7. The van der Waals surface area contributed by atoms with Gasteiger partial charge in [0.1, 0.15) is 30.5 Å². The number of hydrogen-bond acceptors (Lipinski definition) is 12. The summed E-state index contributed by atoms with van der Waals surface area (Å²) in [5.74, 6) is -2.17. The fourth-order valence-electron chi connectivity index (χ4n) is 5.97. The van der Waals surface area contributed by atoms with Crippen LogP contribution in [0.15, 0.2) is 23.5 Å². The van der Waals surface area contributed by atoms with E-state index in [9.17, 15) is 35.1 Å². The Morgan fingerprint density at radius 1 is 1.16 bits per heavy atom. The molecule has 12 atom stereocenters. The first kappa shape index (κ1) is 28.9. The predicted octanol–water partition coefficient (Wildman–Crippen LogP) is -0.635. The highest BCUT2D eigenvalue weighted by atomic mass is 16.8. The summed E-state index contributed by atoms with van der Waals surface area (Å²) in [7, 11) is 0. The van der Waals surface area contributed by atoms with Crippen LogP contribution in [0.2, 0.25) is 0 Å². The maximum Gasteiger partial charge on any atom is 0.338 e. The standard InChI is InChI=1S/C26H38O12/c1-4-13-15-6-20(29)34-9-16-12(3)18(5-14(16)11(2)7-27)36-24(33)17(15)10-35-25(13)38-26-23(32)22(31)21(30)19(8-28)37-26/h4,10-12,14-16,18-19,21-23,25-28,30-32H,5-9H2,1-3H3/t11-,12+,14-,15-,16+,18+,19+,21+,22-,23+,25-,26-/m0/s1. The van der Waals surface area contributed by atoms with Gasteiger partial charge in [-0.15, -0.1) is 0 Å². The van der Waals surface area contributed by atoms with Crippen LogP contribution < -0.4 is 0 Å². The number of esters is 2. The van der Waals surface area contributed by atoms with E-state index in [2.05, 4.69) is 0 Å². The summed E-state index contributed by atoms with van der Waals surface area (Å²) in [6, 6.07) is 0. The average molecular weight is 543 g/mol. The van der Waals surface area contributed by atoms with E-state index in [0.29, 0.717) is 12.0 Å². The van der Waals surface area contributed by atoms with Crippen LogP contribution in [-0.4, -0.2) is 100 Å².